The molecule has 0 radical (unpaired) electrons. The molecule has 30 heavy (non-hydrogen) atoms. The molecule has 4 rings (SSSR count). The Morgan fingerprint density at radius 2 is 1.67 bits per heavy atom. The zero-order chi connectivity index (χ0) is 21.4. The molecule has 2 aromatic rings. The number of benzene rings is 2. The first-order chi connectivity index (χ1) is 14.5. The molecule has 2 amide bonds. The molecule has 0 bridgehead atoms. The van der Waals surface area contributed by atoms with E-state index in [9.17, 15) is 14.4 Å². The maximum absolute atomic E-state index is 13.3. The number of halogens is 1. The first-order valence-corrected chi connectivity index (χ1v) is 10.1. The molecule has 2 aliphatic heterocycles. The van der Waals surface area contributed by atoms with Crippen LogP contribution in [0.25, 0.3) is 0 Å². The van der Waals surface area contributed by atoms with Gasteiger partial charge >= 0.3 is 5.97 Å². The molecule has 1 saturated heterocycles. The van der Waals surface area contributed by atoms with Crippen LogP contribution in [0.1, 0.15) is 6.92 Å². The minimum absolute atomic E-state index is 0.0735. The SMILES string of the molecule is CCOC(=O)C1=NN(c2ccc(OC)cc2)C2C(=O)N(c3ccc(Br)cc3)C(=O)C12. The minimum atomic E-state index is -1.04. The molecule has 0 N–H and O–H groups in total. The van der Waals surface area contributed by atoms with Gasteiger partial charge in [-0.3, -0.25) is 14.6 Å². The fourth-order valence-corrected chi connectivity index (χ4v) is 3.85. The van der Waals surface area contributed by atoms with E-state index in [-0.39, 0.29) is 12.3 Å². The third kappa shape index (κ3) is 3.24. The molecule has 1 fully saturated rings. The summed E-state index contributed by atoms with van der Waals surface area (Å²) in [5, 5.41) is 5.73. The van der Waals surface area contributed by atoms with Crippen LogP contribution in [0.4, 0.5) is 11.4 Å². The van der Waals surface area contributed by atoms with Gasteiger partial charge in [-0.25, -0.2) is 9.69 Å². The molecule has 2 unspecified atom stereocenters. The Bertz CT molecular complexity index is 1040. The number of rotatable bonds is 5. The van der Waals surface area contributed by atoms with Crippen molar-refractivity contribution >= 4 is 50.8 Å². The number of ether oxygens (including phenoxy) is 2. The molecular weight excluding hydrogens is 454 g/mol. The van der Waals surface area contributed by atoms with Crippen LogP contribution in [0.3, 0.4) is 0 Å². The maximum atomic E-state index is 13.3. The predicted molar refractivity (Wildman–Crippen MR) is 113 cm³/mol. The van der Waals surface area contributed by atoms with Gasteiger partial charge in [0.25, 0.3) is 5.91 Å². The molecule has 154 valence electrons. The van der Waals surface area contributed by atoms with Crippen LogP contribution in [0, 0.1) is 5.92 Å². The monoisotopic (exact) mass is 471 g/mol. The van der Waals surface area contributed by atoms with Gasteiger partial charge in [0.2, 0.25) is 5.91 Å². The first kappa shape index (κ1) is 20.1. The van der Waals surface area contributed by atoms with E-state index in [4.69, 9.17) is 9.47 Å². The molecule has 9 heteroatoms. The van der Waals surface area contributed by atoms with Crippen molar-refractivity contribution in [3.05, 3.63) is 53.0 Å². The smallest absolute Gasteiger partial charge is 0.355 e. The van der Waals surface area contributed by atoms with Crippen molar-refractivity contribution in [3.8, 4) is 5.75 Å². The summed E-state index contributed by atoms with van der Waals surface area (Å²) in [4.78, 5) is 40.2. The van der Waals surface area contributed by atoms with Crippen LogP contribution in [0.5, 0.6) is 5.75 Å². The molecule has 8 nitrogen and oxygen atoms in total. The zero-order valence-corrected chi connectivity index (χ0v) is 17.8. The third-order valence-electron chi connectivity index (χ3n) is 4.96. The summed E-state index contributed by atoms with van der Waals surface area (Å²) in [6.45, 7) is 1.80. The number of imide groups is 1. The number of fused-ring (bicyclic) bond motifs is 1. The normalized spacial score (nSPS) is 20.3. The lowest BCUT2D eigenvalue weighted by Crippen LogP contribution is -2.39. The number of carbonyl (C=O) groups is 3. The highest BCUT2D eigenvalue weighted by molar-refractivity contribution is 9.10. The Balaban J connectivity index is 1.77. The van der Waals surface area contributed by atoms with Gasteiger partial charge < -0.3 is 9.47 Å². The number of hydrogen-bond acceptors (Lipinski definition) is 7. The third-order valence-corrected chi connectivity index (χ3v) is 5.48. The van der Waals surface area contributed by atoms with Gasteiger partial charge in [0.1, 0.15) is 17.7 Å². The molecule has 0 saturated carbocycles. The standard InChI is InChI=1S/C21H18BrN3O5/c1-3-30-21(28)17-16-18(25(23-17)14-8-10-15(29-2)11-9-14)20(27)24(19(16)26)13-6-4-12(22)5-7-13/h4-11,16,18H,3H2,1-2H3. The number of carbonyl (C=O) groups excluding carboxylic acids is 3. The Morgan fingerprint density at radius 3 is 2.27 bits per heavy atom. The highest BCUT2D eigenvalue weighted by Crippen LogP contribution is 2.38. The average molecular weight is 472 g/mol. The van der Waals surface area contributed by atoms with E-state index in [1.807, 2.05) is 0 Å². The maximum Gasteiger partial charge on any atom is 0.355 e. The second-order valence-corrected chi connectivity index (χ2v) is 7.57. The van der Waals surface area contributed by atoms with Crippen molar-refractivity contribution in [2.45, 2.75) is 13.0 Å². The van der Waals surface area contributed by atoms with Gasteiger partial charge in [0, 0.05) is 4.47 Å². The summed E-state index contributed by atoms with van der Waals surface area (Å²) in [5.41, 5.74) is 0.917. The number of nitrogens with zero attached hydrogens (tertiary/aromatic N) is 3. The van der Waals surface area contributed by atoms with Gasteiger partial charge in [-0.1, -0.05) is 15.9 Å². The number of anilines is 2. The molecule has 0 aliphatic carbocycles. The number of amides is 2. The number of hydrogen-bond donors (Lipinski definition) is 0. The molecule has 0 aromatic heterocycles. The van der Waals surface area contributed by atoms with Crippen LogP contribution in [0.15, 0.2) is 58.1 Å². The van der Waals surface area contributed by atoms with Crippen LogP contribution < -0.4 is 14.6 Å². The van der Waals surface area contributed by atoms with E-state index < -0.39 is 29.7 Å². The highest BCUT2D eigenvalue weighted by atomic mass is 79.9. The summed E-state index contributed by atoms with van der Waals surface area (Å²) in [6, 6.07) is 12.7. The van der Waals surface area contributed by atoms with E-state index in [0.717, 1.165) is 9.37 Å². The van der Waals surface area contributed by atoms with Crippen LogP contribution >= 0.6 is 15.9 Å². The molecule has 2 aromatic carbocycles. The fourth-order valence-electron chi connectivity index (χ4n) is 3.58. The Morgan fingerprint density at radius 1 is 1.03 bits per heavy atom. The van der Waals surface area contributed by atoms with Crippen LogP contribution in [-0.4, -0.2) is 43.3 Å². The van der Waals surface area contributed by atoms with Gasteiger partial charge in [-0.2, -0.15) is 5.10 Å². The highest BCUT2D eigenvalue weighted by Gasteiger charge is 2.59. The second kappa shape index (κ2) is 7.91. The van der Waals surface area contributed by atoms with Crippen molar-refractivity contribution in [3.63, 3.8) is 0 Å². The van der Waals surface area contributed by atoms with Gasteiger partial charge in [0.15, 0.2) is 5.71 Å². The van der Waals surface area contributed by atoms with E-state index in [1.165, 1.54) is 5.01 Å². The summed E-state index contributed by atoms with van der Waals surface area (Å²) in [7, 11) is 1.55. The summed E-state index contributed by atoms with van der Waals surface area (Å²) in [5.74, 6) is -2.07. The predicted octanol–water partition coefficient (Wildman–Crippen LogP) is 2.76. The quantitative estimate of drug-likeness (QED) is 0.492. The second-order valence-electron chi connectivity index (χ2n) is 6.66. The Kier molecular flexibility index (Phi) is 5.29. The molecule has 2 heterocycles. The van der Waals surface area contributed by atoms with Crippen LogP contribution in [-0.2, 0) is 19.1 Å². The summed E-state index contributed by atoms with van der Waals surface area (Å²) < 4.78 is 11.1. The van der Waals surface area contributed by atoms with Gasteiger partial charge in [0.05, 0.1) is 25.1 Å². The molecular formula is C21H18BrN3O5. The summed E-state index contributed by atoms with van der Waals surface area (Å²) >= 11 is 3.34. The lowest BCUT2D eigenvalue weighted by atomic mass is 9.98. The van der Waals surface area contributed by atoms with Crippen molar-refractivity contribution < 1.29 is 23.9 Å². The molecule has 2 atom stereocenters. The lowest BCUT2D eigenvalue weighted by molar-refractivity contribution is -0.136. The van der Waals surface area contributed by atoms with Crippen molar-refractivity contribution in [1.29, 1.82) is 0 Å². The average Bonchev–Trinajstić information content (AvgIpc) is 3.26. The minimum Gasteiger partial charge on any atom is -0.497 e. The van der Waals surface area contributed by atoms with Crippen molar-refractivity contribution in [1.82, 2.24) is 0 Å². The first-order valence-electron chi connectivity index (χ1n) is 9.28. The largest absolute Gasteiger partial charge is 0.497 e. The lowest BCUT2D eigenvalue weighted by Gasteiger charge is -2.22. The van der Waals surface area contributed by atoms with Gasteiger partial charge in [-0.05, 0) is 55.5 Å². The Labute approximate surface area is 181 Å². The van der Waals surface area contributed by atoms with Crippen molar-refractivity contribution in [2.24, 2.45) is 11.0 Å². The number of methoxy groups -OCH3 is 1. The fraction of sp³-hybridized carbons (Fsp3) is 0.238. The summed E-state index contributed by atoms with van der Waals surface area (Å²) in [6.07, 6.45) is 0. The van der Waals surface area contributed by atoms with E-state index in [2.05, 4.69) is 21.0 Å². The molecule has 2 aliphatic rings. The Hall–Kier alpha value is -3.20. The van der Waals surface area contributed by atoms with E-state index in [1.54, 1.807) is 62.6 Å². The van der Waals surface area contributed by atoms with E-state index in [0.29, 0.717) is 17.1 Å². The molecule has 0 spiro atoms. The topological polar surface area (TPSA) is 88.5 Å². The van der Waals surface area contributed by atoms with Gasteiger partial charge in [-0.15, -0.1) is 0 Å². The van der Waals surface area contributed by atoms with Crippen molar-refractivity contribution in [2.75, 3.05) is 23.6 Å². The van der Waals surface area contributed by atoms with Crippen LogP contribution in [0.2, 0.25) is 0 Å². The number of hydrazone groups is 1. The van der Waals surface area contributed by atoms with E-state index >= 15 is 0 Å². The number of esters is 1. The zero-order valence-electron chi connectivity index (χ0n) is 16.2.